The van der Waals surface area contributed by atoms with Crippen LogP contribution in [0.2, 0.25) is 0 Å². The molecule has 2 saturated carbocycles. The lowest BCUT2D eigenvalue weighted by Crippen LogP contribution is -2.29. The van der Waals surface area contributed by atoms with Gasteiger partial charge < -0.3 is 14.2 Å². The number of halogens is 4. The molecule has 4 rings (SSSR count). The fourth-order valence-corrected chi connectivity index (χ4v) is 5.62. The SMILES string of the molecule is COC1=CCC(C(=O)OC2CCC(c3ccc(C4CCC(OC)CC4)c(F)c3F)CC2)C(F)=C1F. The zero-order chi connectivity index (χ0) is 25.1. The van der Waals surface area contributed by atoms with Gasteiger partial charge in [-0.05, 0) is 86.8 Å². The summed E-state index contributed by atoms with van der Waals surface area (Å²) in [6.45, 7) is 0. The topological polar surface area (TPSA) is 44.8 Å². The normalized spacial score (nSPS) is 29.5. The molecule has 0 aliphatic heterocycles. The van der Waals surface area contributed by atoms with Crippen molar-refractivity contribution in [2.75, 3.05) is 14.2 Å². The van der Waals surface area contributed by atoms with Crippen LogP contribution in [0.4, 0.5) is 17.6 Å². The smallest absolute Gasteiger partial charge is 0.316 e. The Labute approximate surface area is 203 Å². The number of ether oxygens (including phenoxy) is 3. The summed E-state index contributed by atoms with van der Waals surface area (Å²) in [6, 6.07) is 3.41. The van der Waals surface area contributed by atoms with Gasteiger partial charge in [0.2, 0.25) is 0 Å². The van der Waals surface area contributed by atoms with Crippen molar-refractivity contribution in [2.45, 2.75) is 81.8 Å². The summed E-state index contributed by atoms with van der Waals surface area (Å²) in [7, 11) is 2.90. The molecular weight excluding hydrogens is 464 g/mol. The number of benzene rings is 1. The molecular formula is C27H32F4O4. The van der Waals surface area contributed by atoms with Gasteiger partial charge in [0.1, 0.15) is 12.0 Å². The summed E-state index contributed by atoms with van der Waals surface area (Å²) in [4.78, 5) is 12.4. The molecule has 0 saturated heterocycles. The average molecular weight is 497 g/mol. The van der Waals surface area contributed by atoms with Gasteiger partial charge in [-0.2, -0.15) is 4.39 Å². The number of hydrogen-bond acceptors (Lipinski definition) is 4. The molecule has 2 fully saturated rings. The van der Waals surface area contributed by atoms with Gasteiger partial charge in [0.25, 0.3) is 0 Å². The Balaban J connectivity index is 1.34. The summed E-state index contributed by atoms with van der Waals surface area (Å²) < 4.78 is 73.8. The number of carbonyl (C=O) groups is 1. The minimum Gasteiger partial charge on any atom is -0.494 e. The molecule has 192 valence electrons. The van der Waals surface area contributed by atoms with Gasteiger partial charge in [0.05, 0.1) is 13.2 Å². The van der Waals surface area contributed by atoms with E-state index >= 15 is 4.39 Å². The number of hydrogen-bond donors (Lipinski definition) is 0. The van der Waals surface area contributed by atoms with E-state index in [2.05, 4.69) is 0 Å². The Morgan fingerprint density at radius 3 is 1.80 bits per heavy atom. The summed E-state index contributed by atoms with van der Waals surface area (Å²) in [5.41, 5.74) is 0.783. The lowest BCUT2D eigenvalue weighted by Gasteiger charge is -2.31. The van der Waals surface area contributed by atoms with Gasteiger partial charge in [0, 0.05) is 7.11 Å². The van der Waals surface area contributed by atoms with Crippen LogP contribution in [0.15, 0.2) is 35.6 Å². The highest BCUT2D eigenvalue weighted by molar-refractivity contribution is 5.76. The molecule has 1 aromatic rings. The lowest BCUT2D eigenvalue weighted by molar-refractivity contribution is -0.155. The summed E-state index contributed by atoms with van der Waals surface area (Å²) in [5.74, 6) is -6.49. The van der Waals surface area contributed by atoms with Crippen LogP contribution in [-0.4, -0.2) is 32.4 Å². The Kier molecular flexibility index (Phi) is 8.19. The Morgan fingerprint density at radius 1 is 0.800 bits per heavy atom. The Bertz CT molecular complexity index is 989. The zero-order valence-electron chi connectivity index (χ0n) is 20.1. The number of carbonyl (C=O) groups excluding carboxylic acids is 1. The van der Waals surface area contributed by atoms with Crippen molar-refractivity contribution in [2.24, 2.45) is 5.92 Å². The van der Waals surface area contributed by atoms with Crippen molar-refractivity contribution in [1.82, 2.24) is 0 Å². The predicted molar refractivity (Wildman–Crippen MR) is 122 cm³/mol. The number of esters is 1. The van der Waals surface area contributed by atoms with Crippen molar-refractivity contribution in [3.63, 3.8) is 0 Å². The molecule has 0 N–H and O–H groups in total. The van der Waals surface area contributed by atoms with E-state index in [4.69, 9.17) is 14.2 Å². The molecule has 35 heavy (non-hydrogen) atoms. The van der Waals surface area contributed by atoms with E-state index in [1.54, 1.807) is 19.2 Å². The van der Waals surface area contributed by atoms with Crippen molar-refractivity contribution in [3.05, 3.63) is 58.4 Å². The van der Waals surface area contributed by atoms with Crippen LogP contribution in [0.5, 0.6) is 0 Å². The molecule has 4 nitrogen and oxygen atoms in total. The zero-order valence-corrected chi connectivity index (χ0v) is 20.1. The fraction of sp³-hybridized carbons (Fsp3) is 0.593. The third kappa shape index (κ3) is 5.42. The van der Waals surface area contributed by atoms with Gasteiger partial charge >= 0.3 is 5.97 Å². The van der Waals surface area contributed by atoms with E-state index in [1.807, 2.05) is 0 Å². The molecule has 0 aromatic heterocycles. The number of rotatable bonds is 6. The molecule has 8 heteroatoms. The molecule has 0 heterocycles. The second-order valence-electron chi connectivity index (χ2n) is 9.71. The van der Waals surface area contributed by atoms with Crippen LogP contribution < -0.4 is 0 Å². The number of allylic oxidation sites excluding steroid dienone is 2. The molecule has 0 amide bonds. The second-order valence-corrected chi connectivity index (χ2v) is 9.71. The van der Waals surface area contributed by atoms with Crippen LogP contribution >= 0.6 is 0 Å². The molecule has 1 atom stereocenters. The summed E-state index contributed by atoms with van der Waals surface area (Å²) >= 11 is 0. The largest absolute Gasteiger partial charge is 0.494 e. The van der Waals surface area contributed by atoms with Crippen LogP contribution in [0.1, 0.15) is 80.8 Å². The van der Waals surface area contributed by atoms with E-state index in [-0.39, 0.29) is 30.1 Å². The first-order valence-electron chi connectivity index (χ1n) is 12.3. The fourth-order valence-electron chi connectivity index (χ4n) is 5.62. The minimum absolute atomic E-state index is 0.00557. The second kappa shape index (κ2) is 11.1. The number of methoxy groups -OCH3 is 2. The lowest BCUT2D eigenvalue weighted by atomic mass is 9.79. The van der Waals surface area contributed by atoms with Crippen LogP contribution in [-0.2, 0) is 19.0 Å². The Hall–Kier alpha value is -2.35. The van der Waals surface area contributed by atoms with Crippen molar-refractivity contribution >= 4 is 5.97 Å². The maximum absolute atomic E-state index is 15.1. The maximum Gasteiger partial charge on any atom is 0.316 e. The van der Waals surface area contributed by atoms with Crippen molar-refractivity contribution < 1.29 is 36.6 Å². The van der Waals surface area contributed by atoms with Crippen LogP contribution in [0.3, 0.4) is 0 Å². The average Bonchev–Trinajstić information content (AvgIpc) is 2.88. The molecule has 0 spiro atoms. The molecule has 1 unspecified atom stereocenters. The first-order chi connectivity index (χ1) is 16.8. The van der Waals surface area contributed by atoms with E-state index in [1.165, 1.54) is 13.2 Å². The van der Waals surface area contributed by atoms with E-state index in [9.17, 15) is 18.0 Å². The highest BCUT2D eigenvalue weighted by Crippen LogP contribution is 2.41. The monoisotopic (exact) mass is 496 g/mol. The van der Waals surface area contributed by atoms with Gasteiger partial charge in [-0.3, -0.25) is 4.79 Å². The molecule has 1 aromatic carbocycles. The quantitative estimate of drug-likeness (QED) is 0.317. The highest BCUT2D eigenvalue weighted by atomic mass is 19.2. The first-order valence-corrected chi connectivity index (χ1v) is 12.3. The Morgan fingerprint density at radius 2 is 1.31 bits per heavy atom. The third-order valence-corrected chi connectivity index (χ3v) is 7.76. The van der Waals surface area contributed by atoms with Crippen molar-refractivity contribution in [3.8, 4) is 0 Å². The summed E-state index contributed by atoms with van der Waals surface area (Å²) in [6.07, 6.45) is 6.13. The molecule has 0 bridgehead atoms. The van der Waals surface area contributed by atoms with E-state index < -0.39 is 41.3 Å². The van der Waals surface area contributed by atoms with Crippen LogP contribution in [0, 0.1) is 17.6 Å². The molecule has 0 radical (unpaired) electrons. The standard InChI is InChI=1S/C27H32F4O4/c1-33-17-7-3-15(4-8-17)19-11-12-20(24(29)23(19)28)16-5-9-18(10-6-16)35-27(32)21-13-14-22(34-2)26(31)25(21)30/h11-12,14-18,21H,3-10,13H2,1-2H3. The third-order valence-electron chi connectivity index (χ3n) is 7.76. The predicted octanol–water partition coefficient (Wildman–Crippen LogP) is 6.91. The minimum atomic E-state index is -1.33. The van der Waals surface area contributed by atoms with Crippen molar-refractivity contribution in [1.29, 1.82) is 0 Å². The van der Waals surface area contributed by atoms with Crippen LogP contribution in [0.25, 0.3) is 0 Å². The van der Waals surface area contributed by atoms with Gasteiger partial charge in [0.15, 0.2) is 29.0 Å². The van der Waals surface area contributed by atoms with E-state index in [0.29, 0.717) is 36.8 Å². The van der Waals surface area contributed by atoms with Gasteiger partial charge in [-0.15, -0.1) is 0 Å². The first kappa shape index (κ1) is 25.7. The maximum atomic E-state index is 15.1. The van der Waals surface area contributed by atoms with Gasteiger partial charge in [-0.1, -0.05) is 12.1 Å². The molecule has 3 aliphatic rings. The molecule has 3 aliphatic carbocycles. The summed E-state index contributed by atoms with van der Waals surface area (Å²) in [5, 5.41) is 0. The van der Waals surface area contributed by atoms with E-state index in [0.717, 1.165) is 25.7 Å². The van der Waals surface area contributed by atoms with Gasteiger partial charge in [-0.25, -0.2) is 13.2 Å². The highest BCUT2D eigenvalue weighted by Gasteiger charge is 2.36.